The lowest BCUT2D eigenvalue weighted by atomic mass is 10.0. The molecule has 0 unspecified atom stereocenters. The number of hydrogen-bond donors (Lipinski definition) is 2. The van der Waals surface area contributed by atoms with E-state index >= 15 is 0 Å². The second-order valence-electron chi connectivity index (χ2n) is 4.70. The monoisotopic (exact) mass is 290 g/mol. The molecular weight excluding hydrogens is 268 g/mol. The lowest BCUT2D eigenvalue weighted by Crippen LogP contribution is -2.37. The van der Waals surface area contributed by atoms with Gasteiger partial charge in [-0.1, -0.05) is 24.3 Å². The van der Waals surface area contributed by atoms with Crippen LogP contribution in [0.1, 0.15) is 18.1 Å². The largest absolute Gasteiger partial charge is 0.383 e. The summed E-state index contributed by atoms with van der Waals surface area (Å²) in [5.74, 6) is -0.514. The third kappa shape index (κ3) is 6.23. The minimum atomic E-state index is -0.280. The highest BCUT2D eigenvalue weighted by Crippen LogP contribution is 2.17. The summed E-state index contributed by atoms with van der Waals surface area (Å²) in [7, 11) is 1.56. The highest BCUT2D eigenvalue weighted by molar-refractivity contribution is 5.97. The molecule has 2 amide bonds. The van der Waals surface area contributed by atoms with Gasteiger partial charge in [0, 0.05) is 19.7 Å². The highest BCUT2D eigenvalue weighted by atomic mass is 16.5. The predicted octanol–water partition coefficient (Wildman–Crippen LogP) is 1.28. The number of nitrogens with one attached hydrogen (secondary N) is 2. The first kappa shape index (κ1) is 16.9. The molecule has 0 aliphatic carbocycles. The summed E-state index contributed by atoms with van der Waals surface area (Å²) >= 11 is 0. The topological polar surface area (TPSA) is 67.4 Å². The van der Waals surface area contributed by atoms with Gasteiger partial charge in [0.1, 0.15) is 0 Å². The number of carbonyl (C=O) groups excluding carboxylic acids is 2. The summed E-state index contributed by atoms with van der Waals surface area (Å²) in [6.07, 6.45) is 1.50. The maximum absolute atomic E-state index is 11.8. The Balaban J connectivity index is 2.47. The van der Waals surface area contributed by atoms with Gasteiger partial charge >= 0.3 is 0 Å². The van der Waals surface area contributed by atoms with Gasteiger partial charge in [0.2, 0.25) is 11.8 Å². The molecule has 1 rings (SSSR count). The van der Waals surface area contributed by atoms with E-state index in [0.717, 1.165) is 16.7 Å². The number of amides is 2. The summed E-state index contributed by atoms with van der Waals surface area (Å²) in [5, 5.41) is 5.20. The molecule has 0 spiro atoms. The van der Waals surface area contributed by atoms with Crippen molar-refractivity contribution in [1.82, 2.24) is 10.6 Å². The number of carbonyl (C=O) groups is 2. The van der Waals surface area contributed by atoms with Gasteiger partial charge < -0.3 is 15.4 Å². The molecule has 0 aromatic heterocycles. The summed E-state index contributed by atoms with van der Waals surface area (Å²) in [5.41, 5.74) is 3.00. The highest BCUT2D eigenvalue weighted by Gasteiger charge is 2.05. The van der Waals surface area contributed by atoms with Gasteiger partial charge in [-0.15, -0.1) is 0 Å². The van der Waals surface area contributed by atoms with E-state index in [9.17, 15) is 9.59 Å². The van der Waals surface area contributed by atoms with Crippen LogP contribution in [0.5, 0.6) is 0 Å². The van der Waals surface area contributed by atoms with Gasteiger partial charge in [0.25, 0.3) is 0 Å². The summed E-state index contributed by atoms with van der Waals surface area (Å²) < 4.78 is 4.82. The van der Waals surface area contributed by atoms with Crippen molar-refractivity contribution in [3.05, 3.63) is 41.5 Å². The zero-order valence-electron chi connectivity index (χ0n) is 12.7. The van der Waals surface area contributed by atoms with E-state index in [4.69, 9.17) is 4.74 Å². The van der Waals surface area contributed by atoms with Crippen LogP contribution in [0.4, 0.5) is 0 Å². The maximum atomic E-state index is 11.8. The molecule has 0 atom stereocenters. The van der Waals surface area contributed by atoms with E-state index in [1.165, 1.54) is 6.08 Å². The maximum Gasteiger partial charge on any atom is 0.244 e. The zero-order valence-corrected chi connectivity index (χ0v) is 12.7. The van der Waals surface area contributed by atoms with E-state index in [1.54, 1.807) is 7.11 Å². The first-order valence-electron chi connectivity index (χ1n) is 6.82. The molecule has 21 heavy (non-hydrogen) atoms. The number of ether oxygens (including phenoxy) is 1. The fourth-order valence-electron chi connectivity index (χ4n) is 1.86. The van der Waals surface area contributed by atoms with Crippen LogP contribution in [0.2, 0.25) is 0 Å². The smallest absolute Gasteiger partial charge is 0.244 e. The third-order valence-electron chi connectivity index (χ3n) is 2.97. The molecular formula is C16H22N2O3. The van der Waals surface area contributed by atoms with E-state index in [1.807, 2.05) is 38.1 Å². The molecule has 114 valence electrons. The van der Waals surface area contributed by atoms with Crippen LogP contribution in [0.15, 0.2) is 30.3 Å². The predicted molar refractivity (Wildman–Crippen MR) is 82.7 cm³/mol. The van der Waals surface area contributed by atoms with E-state index < -0.39 is 0 Å². The average Bonchev–Trinajstić information content (AvgIpc) is 2.46. The van der Waals surface area contributed by atoms with E-state index in [-0.39, 0.29) is 18.4 Å². The molecule has 2 N–H and O–H groups in total. The van der Waals surface area contributed by atoms with Crippen LogP contribution in [-0.4, -0.2) is 38.6 Å². The molecule has 0 saturated carbocycles. The van der Waals surface area contributed by atoms with Crippen LogP contribution < -0.4 is 10.6 Å². The van der Waals surface area contributed by atoms with Crippen molar-refractivity contribution in [2.45, 2.75) is 13.8 Å². The van der Waals surface area contributed by atoms with Gasteiger partial charge in [0.05, 0.1) is 13.2 Å². The summed E-state index contributed by atoms with van der Waals surface area (Å²) in [4.78, 5) is 23.2. The zero-order chi connectivity index (χ0) is 15.7. The fourth-order valence-corrected chi connectivity index (χ4v) is 1.86. The number of methoxy groups -OCH3 is 1. The van der Waals surface area contributed by atoms with Gasteiger partial charge in [-0.2, -0.15) is 0 Å². The number of allylic oxidation sites excluding steroid dienone is 1. The summed E-state index contributed by atoms with van der Waals surface area (Å²) in [6.45, 7) is 4.71. The van der Waals surface area contributed by atoms with Crippen LogP contribution in [0, 0.1) is 6.92 Å². The first-order valence-corrected chi connectivity index (χ1v) is 6.82. The van der Waals surface area contributed by atoms with Crippen molar-refractivity contribution in [2.24, 2.45) is 0 Å². The minimum Gasteiger partial charge on any atom is -0.383 e. The lowest BCUT2D eigenvalue weighted by Gasteiger charge is -2.07. The Hall–Kier alpha value is -2.14. The Kier molecular flexibility index (Phi) is 7.18. The molecule has 0 heterocycles. The van der Waals surface area contributed by atoms with Crippen molar-refractivity contribution < 1.29 is 14.3 Å². The van der Waals surface area contributed by atoms with Crippen LogP contribution in [-0.2, 0) is 14.3 Å². The second-order valence-corrected chi connectivity index (χ2v) is 4.70. The normalized spacial score (nSPS) is 11.1. The van der Waals surface area contributed by atoms with Gasteiger partial charge in [-0.3, -0.25) is 9.59 Å². The fraction of sp³-hybridized carbons (Fsp3) is 0.375. The lowest BCUT2D eigenvalue weighted by molar-refractivity contribution is -0.124. The van der Waals surface area contributed by atoms with E-state index in [0.29, 0.717) is 13.2 Å². The quantitative estimate of drug-likeness (QED) is 0.587. The molecule has 5 heteroatoms. The van der Waals surface area contributed by atoms with Crippen LogP contribution in [0.3, 0.4) is 0 Å². The number of benzene rings is 1. The van der Waals surface area contributed by atoms with Crippen LogP contribution in [0.25, 0.3) is 5.57 Å². The Morgan fingerprint density at radius 3 is 2.62 bits per heavy atom. The molecule has 0 aliphatic heterocycles. The van der Waals surface area contributed by atoms with Gasteiger partial charge in [-0.25, -0.2) is 0 Å². The van der Waals surface area contributed by atoms with Crippen molar-refractivity contribution >= 4 is 17.4 Å². The Bertz CT molecular complexity index is 524. The standard InChI is InChI=1S/C16H22N2O3/c1-12-6-4-5-7-14(12)13(2)10-15(19)18-11-16(20)17-8-9-21-3/h4-7,10H,8-9,11H2,1-3H3,(H,17,20)(H,18,19). The Morgan fingerprint density at radius 2 is 1.95 bits per heavy atom. The molecule has 0 radical (unpaired) electrons. The van der Waals surface area contributed by atoms with Crippen molar-refractivity contribution in [3.8, 4) is 0 Å². The second kappa shape index (κ2) is 8.92. The van der Waals surface area contributed by atoms with Crippen molar-refractivity contribution in [1.29, 1.82) is 0 Å². The molecule has 5 nitrogen and oxygen atoms in total. The molecule has 1 aromatic carbocycles. The average molecular weight is 290 g/mol. The van der Waals surface area contributed by atoms with Crippen molar-refractivity contribution in [3.63, 3.8) is 0 Å². The molecule has 0 fully saturated rings. The molecule has 0 saturated heterocycles. The molecule has 0 aliphatic rings. The van der Waals surface area contributed by atoms with Gasteiger partial charge in [0.15, 0.2) is 0 Å². The third-order valence-corrected chi connectivity index (χ3v) is 2.97. The SMILES string of the molecule is COCCNC(=O)CNC(=O)C=C(C)c1ccccc1C. The molecule has 0 bridgehead atoms. The number of hydrogen-bond acceptors (Lipinski definition) is 3. The molecule has 1 aromatic rings. The number of rotatable bonds is 7. The number of aryl methyl sites for hydroxylation is 1. The minimum absolute atomic E-state index is 0.0416. The van der Waals surface area contributed by atoms with Crippen molar-refractivity contribution in [2.75, 3.05) is 26.8 Å². The first-order chi connectivity index (χ1) is 10.0. The summed E-state index contributed by atoms with van der Waals surface area (Å²) in [6, 6.07) is 7.84. The Morgan fingerprint density at radius 1 is 1.24 bits per heavy atom. The van der Waals surface area contributed by atoms with Crippen LogP contribution >= 0.6 is 0 Å². The van der Waals surface area contributed by atoms with E-state index in [2.05, 4.69) is 10.6 Å². The Labute approximate surface area is 125 Å². The van der Waals surface area contributed by atoms with Gasteiger partial charge in [-0.05, 0) is 30.5 Å².